The number of Topliss-reactive ketones (excluding diaryl/α,β-unsaturated/α-hetero) is 1. The lowest BCUT2D eigenvalue weighted by Crippen LogP contribution is -2.75. The molecule has 0 aromatic carbocycles. The molecule has 1 spiro atoms. The first-order valence-electron chi connectivity index (χ1n) is 11.3. The summed E-state index contributed by atoms with van der Waals surface area (Å²) >= 11 is 0. The van der Waals surface area contributed by atoms with Crippen LogP contribution in [0.15, 0.2) is 12.2 Å². The average Bonchev–Trinajstić information content (AvgIpc) is 2.84. The molecule has 0 amide bonds. The molecule has 4 fully saturated rings. The quantitative estimate of drug-likeness (QED) is 0.422. The van der Waals surface area contributed by atoms with E-state index in [1.165, 1.54) is 13.8 Å². The standard InChI is InChI=1S/C24H34O8/c1-10-13-7-14(27)17-23(6)9-15(31-11(2)25)20(30)22(4,5)18(23)16(28)21(32-12(3)26)24(17,8-13)19(10)29/h13-18,20-21,27-28,30H,1,7-9H2,2-6H3. The zero-order valence-corrected chi connectivity index (χ0v) is 19.3. The summed E-state index contributed by atoms with van der Waals surface area (Å²) in [7, 11) is 0. The summed E-state index contributed by atoms with van der Waals surface area (Å²) in [6, 6.07) is 0. The molecular weight excluding hydrogens is 416 g/mol. The lowest BCUT2D eigenvalue weighted by atomic mass is 9.38. The van der Waals surface area contributed by atoms with Crippen LogP contribution in [0.5, 0.6) is 0 Å². The number of hydrogen-bond acceptors (Lipinski definition) is 8. The predicted molar refractivity (Wildman–Crippen MR) is 112 cm³/mol. The van der Waals surface area contributed by atoms with Gasteiger partial charge < -0.3 is 24.8 Å². The highest BCUT2D eigenvalue weighted by atomic mass is 16.6. The number of carbonyl (C=O) groups is 3. The van der Waals surface area contributed by atoms with Crippen molar-refractivity contribution in [2.75, 3.05) is 0 Å². The van der Waals surface area contributed by atoms with Gasteiger partial charge in [0.25, 0.3) is 0 Å². The smallest absolute Gasteiger partial charge is 0.303 e. The maximum absolute atomic E-state index is 13.7. The van der Waals surface area contributed by atoms with Gasteiger partial charge in [0.15, 0.2) is 5.78 Å². The maximum Gasteiger partial charge on any atom is 0.303 e. The Bertz CT molecular complexity index is 879. The summed E-state index contributed by atoms with van der Waals surface area (Å²) in [6.45, 7) is 11.9. The molecule has 0 aromatic rings. The minimum atomic E-state index is -1.31. The number of hydrogen-bond donors (Lipinski definition) is 3. The van der Waals surface area contributed by atoms with Crippen LogP contribution < -0.4 is 0 Å². The lowest BCUT2D eigenvalue weighted by molar-refractivity contribution is -0.296. The van der Waals surface area contributed by atoms with Gasteiger partial charge in [-0.15, -0.1) is 0 Å². The molecule has 4 saturated carbocycles. The Kier molecular flexibility index (Phi) is 5.20. The second-order valence-corrected chi connectivity index (χ2v) is 11.2. The van der Waals surface area contributed by atoms with Gasteiger partial charge >= 0.3 is 11.9 Å². The Labute approximate surface area is 188 Å². The molecule has 0 aliphatic heterocycles. The van der Waals surface area contributed by atoms with Crippen molar-refractivity contribution in [3.05, 3.63) is 12.2 Å². The molecule has 10 atom stereocenters. The molecule has 4 aliphatic carbocycles. The SMILES string of the molecule is C=C1C(=O)C23CC1CC(O)C2C1(C)CC(OC(C)=O)C(O)C(C)(C)C1C(O)C3OC(C)=O. The van der Waals surface area contributed by atoms with Crippen LogP contribution in [-0.2, 0) is 23.9 Å². The van der Waals surface area contributed by atoms with Crippen molar-refractivity contribution in [3.8, 4) is 0 Å². The Morgan fingerprint density at radius 3 is 2.16 bits per heavy atom. The number of ketones is 1. The van der Waals surface area contributed by atoms with Gasteiger partial charge in [0, 0.05) is 31.1 Å². The number of fused-ring (bicyclic) bond motifs is 3. The second kappa shape index (κ2) is 7.11. The van der Waals surface area contributed by atoms with Crippen molar-refractivity contribution in [1.29, 1.82) is 0 Å². The van der Waals surface area contributed by atoms with E-state index in [1.807, 2.05) is 6.92 Å². The van der Waals surface area contributed by atoms with Crippen LogP contribution in [0.3, 0.4) is 0 Å². The molecule has 0 heterocycles. The Hall–Kier alpha value is -1.77. The summed E-state index contributed by atoms with van der Waals surface area (Å²) in [5, 5.41) is 34.2. The Balaban J connectivity index is 1.94. The minimum Gasteiger partial charge on any atom is -0.460 e. The number of rotatable bonds is 2. The van der Waals surface area contributed by atoms with E-state index in [2.05, 4.69) is 6.58 Å². The maximum atomic E-state index is 13.7. The van der Waals surface area contributed by atoms with Gasteiger partial charge in [-0.1, -0.05) is 27.4 Å². The van der Waals surface area contributed by atoms with E-state index >= 15 is 0 Å². The Morgan fingerprint density at radius 1 is 1.00 bits per heavy atom. The predicted octanol–water partition coefficient (Wildman–Crippen LogP) is 1.15. The van der Waals surface area contributed by atoms with E-state index in [-0.39, 0.29) is 18.1 Å². The van der Waals surface area contributed by atoms with Crippen LogP contribution in [0.2, 0.25) is 0 Å². The first-order chi connectivity index (χ1) is 14.7. The fourth-order valence-corrected chi connectivity index (χ4v) is 8.31. The third-order valence-corrected chi connectivity index (χ3v) is 9.00. The first-order valence-corrected chi connectivity index (χ1v) is 11.3. The van der Waals surface area contributed by atoms with E-state index in [9.17, 15) is 29.7 Å². The highest BCUT2D eigenvalue weighted by Gasteiger charge is 2.77. The van der Waals surface area contributed by atoms with E-state index in [0.717, 1.165) is 0 Å². The van der Waals surface area contributed by atoms with Crippen LogP contribution in [0.1, 0.15) is 53.9 Å². The summed E-state index contributed by atoms with van der Waals surface area (Å²) in [4.78, 5) is 37.5. The zero-order chi connectivity index (χ0) is 24.0. The number of aliphatic hydroxyl groups excluding tert-OH is 3. The van der Waals surface area contributed by atoms with Crippen LogP contribution in [0, 0.1) is 34.0 Å². The number of esters is 2. The molecule has 178 valence electrons. The molecule has 8 heteroatoms. The lowest BCUT2D eigenvalue weighted by Gasteiger charge is -2.68. The molecule has 3 N–H and O–H groups in total. The largest absolute Gasteiger partial charge is 0.460 e. The van der Waals surface area contributed by atoms with Crippen LogP contribution in [0.4, 0.5) is 0 Å². The highest BCUT2D eigenvalue weighted by molar-refractivity contribution is 6.04. The number of allylic oxidation sites excluding steroid dienone is 1. The third kappa shape index (κ3) is 2.82. The fraction of sp³-hybridized carbons (Fsp3) is 0.792. The molecule has 0 radical (unpaired) electrons. The van der Waals surface area contributed by atoms with Crippen LogP contribution in [-0.4, -0.2) is 63.6 Å². The van der Waals surface area contributed by atoms with Gasteiger partial charge in [0.05, 0.1) is 23.7 Å². The van der Waals surface area contributed by atoms with E-state index in [4.69, 9.17) is 9.47 Å². The van der Waals surface area contributed by atoms with Gasteiger partial charge in [0.1, 0.15) is 12.2 Å². The van der Waals surface area contributed by atoms with Gasteiger partial charge in [-0.25, -0.2) is 0 Å². The summed E-state index contributed by atoms with van der Waals surface area (Å²) in [6.07, 6.45) is -4.42. The number of aliphatic hydroxyl groups is 3. The fourth-order valence-electron chi connectivity index (χ4n) is 8.31. The van der Waals surface area contributed by atoms with Crippen molar-refractivity contribution in [1.82, 2.24) is 0 Å². The monoisotopic (exact) mass is 450 g/mol. The zero-order valence-electron chi connectivity index (χ0n) is 19.3. The molecule has 0 saturated heterocycles. The van der Waals surface area contributed by atoms with Crippen molar-refractivity contribution in [3.63, 3.8) is 0 Å². The van der Waals surface area contributed by atoms with Gasteiger partial charge in [-0.05, 0) is 36.2 Å². The molecule has 32 heavy (non-hydrogen) atoms. The number of carbonyl (C=O) groups excluding carboxylic acids is 3. The van der Waals surface area contributed by atoms with Crippen molar-refractivity contribution >= 4 is 17.7 Å². The van der Waals surface area contributed by atoms with E-state index < -0.39 is 70.5 Å². The summed E-state index contributed by atoms with van der Waals surface area (Å²) < 4.78 is 11.1. The summed E-state index contributed by atoms with van der Waals surface area (Å²) in [5.74, 6) is -2.98. The van der Waals surface area contributed by atoms with Crippen molar-refractivity contribution < 1.29 is 39.2 Å². The minimum absolute atomic E-state index is 0.166. The van der Waals surface area contributed by atoms with Crippen LogP contribution in [0.25, 0.3) is 0 Å². The molecule has 4 rings (SSSR count). The molecular formula is C24H34O8. The molecule has 0 aromatic heterocycles. The first kappa shape index (κ1) is 23.4. The topological polar surface area (TPSA) is 130 Å². The van der Waals surface area contributed by atoms with Gasteiger partial charge in [0.2, 0.25) is 0 Å². The molecule has 4 aliphatic rings. The Morgan fingerprint density at radius 2 is 1.59 bits per heavy atom. The van der Waals surface area contributed by atoms with Gasteiger partial charge in [-0.3, -0.25) is 14.4 Å². The molecule has 10 unspecified atom stereocenters. The van der Waals surface area contributed by atoms with E-state index in [1.54, 1.807) is 13.8 Å². The third-order valence-electron chi connectivity index (χ3n) is 9.00. The average molecular weight is 451 g/mol. The molecule has 8 nitrogen and oxygen atoms in total. The van der Waals surface area contributed by atoms with Crippen molar-refractivity contribution in [2.24, 2.45) is 34.0 Å². The normalized spacial score (nSPS) is 49.1. The van der Waals surface area contributed by atoms with Crippen molar-refractivity contribution in [2.45, 2.75) is 84.4 Å². The van der Waals surface area contributed by atoms with Crippen LogP contribution >= 0.6 is 0 Å². The number of ether oxygens (including phenoxy) is 2. The highest BCUT2D eigenvalue weighted by Crippen LogP contribution is 2.71. The molecule has 2 bridgehead atoms. The summed E-state index contributed by atoms with van der Waals surface area (Å²) in [5.41, 5.74) is -2.77. The van der Waals surface area contributed by atoms with Gasteiger partial charge in [-0.2, -0.15) is 0 Å². The second-order valence-electron chi connectivity index (χ2n) is 11.2. The van der Waals surface area contributed by atoms with E-state index in [0.29, 0.717) is 18.4 Å².